The second-order valence-electron chi connectivity index (χ2n) is 5.09. The molecule has 4 nitrogen and oxygen atoms in total. The van der Waals surface area contributed by atoms with Crippen LogP contribution in [0, 0.1) is 20.8 Å². The maximum atomic E-state index is 12.2. The number of aromatic nitrogens is 1. The van der Waals surface area contributed by atoms with Crippen LogP contribution in [0.2, 0.25) is 0 Å². The molecule has 20 heavy (non-hydrogen) atoms. The second kappa shape index (κ2) is 5.42. The average Bonchev–Trinajstić information content (AvgIpc) is 2.64. The number of aryl methyl sites for hydroxylation is 2. The van der Waals surface area contributed by atoms with Crippen LogP contribution in [0.15, 0.2) is 35.2 Å². The zero-order valence-electron chi connectivity index (χ0n) is 12.3. The van der Waals surface area contributed by atoms with Crippen molar-refractivity contribution in [3.63, 3.8) is 0 Å². The fraction of sp³-hybridized carbons (Fsp3) is 0.333. The highest BCUT2D eigenvalue weighted by Crippen LogP contribution is 2.15. The van der Waals surface area contributed by atoms with E-state index in [4.69, 9.17) is 0 Å². The van der Waals surface area contributed by atoms with Gasteiger partial charge in [0.1, 0.15) is 0 Å². The number of hydrogen-bond donors (Lipinski definition) is 1. The minimum Gasteiger partial charge on any atom is -0.352 e. The minimum atomic E-state index is -3.45. The number of benzene rings is 1. The Kier molecular flexibility index (Phi) is 4.01. The maximum Gasteiger partial charge on any atom is 0.240 e. The molecule has 0 fully saturated rings. The van der Waals surface area contributed by atoms with Crippen molar-refractivity contribution in [3.05, 3.63) is 52.8 Å². The monoisotopic (exact) mass is 292 g/mol. The first kappa shape index (κ1) is 14.8. The molecule has 5 heteroatoms. The molecular weight excluding hydrogens is 272 g/mol. The molecule has 0 saturated heterocycles. The molecule has 0 amide bonds. The highest BCUT2D eigenvalue weighted by Gasteiger charge is 2.15. The minimum absolute atomic E-state index is 0.299. The van der Waals surface area contributed by atoms with E-state index in [-0.39, 0.29) is 0 Å². The van der Waals surface area contributed by atoms with E-state index >= 15 is 0 Å². The summed E-state index contributed by atoms with van der Waals surface area (Å²) in [7, 11) is -1.48. The predicted molar refractivity (Wildman–Crippen MR) is 80.1 cm³/mol. The van der Waals surface area contributed by atoms with E-state index in [2.05, 4.69) is 9.29 Å². The first-order chi connectivity index (χ1) is 9.31. The molecule has 0 aliphatic rings. The first-order valence-corrected chi connectivity index (χ1v) is 7.97. The normalized spacial score (nSPS) is 11.8. The lowest BCUT2D eigenvalue weighted by Crippen LogP contribution is -2.23. The van der Waals surface area contributed by atoms with E-state index in [1.165, 1.54) is 0 Å². The molecule has 2 aromatic rings. The van der Waals surface area contributed by atoms with Crippen LogP contribution >= 0.6 is 0 Å². The van der Waals surface area contributed by atoms with Gasteiger partial charge in [-0.2, -0.15) is 0 Å². The van der Waals surface area contributed by atoms with Crippen molar-refractivity contribution < 1.29 is 8.42 Å². The Hall–Kier alpha value is -1.59. The molecule has 0 atom stereocenters. The van der Waals surface area contributed by atoms with Crippen LogP contribution in [0.4, 0.5) is 0 Å². The Morgan fingerprint density at radius 1 is 1.10 bits per heavy atom. The molecule has 0 aliphatic carbocycles. The fourth-order valence-corrected chi connectivity index (χ4v) is 3.09. The summed E-state index contributed by atoms with van der Waals surface area (Å²) in [6, 6.07) is 8.85. The molecule has 1 heterocycles. The van der Waals surface area contributed by atoms with Crippen LogP contribution in [0.3, 0.4) is 0 Å². The number of nitrogens with zero attached hydrogens (tertiary/aromatic N) is 1. The van der Waals surface area contributed by atoms with Crippen molar-refractivity contribution in [1.82, 2.24) is 9.29 Å². The molecule has 1 aromatic carbocycles. The van der Waals surface area contributed by atoms with Gasteiger partial charge in [-0.15, -0.1) is 0 Å². The summed E-state index contributed by atoms with van der Waals surface area (Å²) in [5.41, 5.74) is 4.24. The van der Waals surface area contributed by atoms with Gasteiger partial charge in [0, 0.05) is 25.0 Å². The highest BCUT2D eigenvalue weighted by molar-refractivity contribution is 7.89. The van der Waals surface area contributed by atoms with E-state index in [0.29, 0.717) is 11.4 Å². The molecule has 0 bridgehead atoms. The zero-order valence-corrected chi connectivity index (χ0v) is 13.1. The van der Waals surface area contributed by atoms with Gasteiger partial charge in [-0.25, -0.2) is 13.1 Å². The Balaban J connectivity index is 2.17. The standard InChI is InChI=1S/C15H20N2O2S/c1-11-5-7-15(8-6-11)20(18,19)16-10-14-9-12(2)17(4)13(14)3/h5-9,16H,10H2,1-4H3. The van der Waals surface area contributed by atoms with Crippen molar-refractivity contribution in [3.8, 4) is 0 Å². The van der Waals surface area contributed by atoms with Gasteiger partial charge in [-0.05, 0) is 44.5 Å². The predicted octanol–water partition coefficient (Wildman–Crippen LogP) is 2.43. The summed E-state index contributed by atoms with van der Waals surface area (Å²) in [5.74, 6) is 0. The summed E-state index contributed by atoms with van der Waals surface area (Å²) < 4.78 is 29.1. The summed E-state index contributed by atoms with van der Waals surface area (Å²) in [5, 5.41) is 0. The van der Waals surface area contributed by atoms with E-state index in [1.807, 2.05) is 33.9 Å². The summed E-state index contributed by atoms with van der Waals surface area (Å²) in [6.45, 7) is 6.23. The third kappa shape index (κ3) is 2.94. The molecule has 0 aliphatic heterocycles. The van der Waals surface area contributed by atoms with E-state index in [9.17, 15) is 8.42 Å². The lowest BCUT2D eigenvalue weighted by Gasteiger charge is -2.07. The second-order valence-corrected chi connectivity index (χ2v) is 6.86. The molecule has 0 saturated carbocycles. The van der Waals surface area contributed by atoms with Gasteiger partial charge in [0.2, 0.25) is 10.0 Å². The van der Waals surface area contributed by atoms with Gasteiger partial charge >= 0.3 is 0 Å². The highest BCUT2D eigenvalue weighted by atomic mass is 32.2. The van der Waals surface area contributed by atoms with E-state index < -0.39 is 10.0 Å². The molecule has 1 N–H and O–H groups in total. The molecule has 0 spiro atoms. The van der Waals surface area contributed by atoms with E-state index in [0.717, 1.165) is 22.5 Å². The van der Waals surface area contributed by atoms with Gasteiger partial charge in [-0.1, -0.05) is 17.7 Å². The van der Waals surface area contributed by atoms with Crippen molar-refractivity contribution in [1.29, 1.82) is 0 Å². The van der Waals surface area contributed by atoms with Crippen molar-refractivity contribution >= 4 is 10.0 Å². The topological polar surface area (TPSA) is 51.1 Å². The molecule has 1 aromatic heterocycles. The summed E-state index contributed by atoms with van der Waals surface area (Å²) in [4.78, 5) is 0.299. The van der Waals surface area contributed by atoms with Crippen LogP contribution < -0.4 is 4.72 Å². The van der Waals surface area contributed by atoms with Crippen LogP contribution in [-0.4, -0.2) is 13.0 Å². The Bertz CT molecular complexity index is 713. The zero-order chi connectivity index (χ0) is 14.9. The van der Waals surface area contributed by atoms with Crippen molar-refractivity contribution in [2.75, 3.05) is 0 Å². The quantitative estimate of drug-likeness (QED) is 0.941. The van der Waals surface area contributed by atoms with Gasteiger partial charge in [0.05, 0.1) is 4.90 Å². The Morgan fingerprint density at radius 2 is 1.70 bits per heavy atom. The van der Waals surface area contributed by atoms with Crippen LogP contribution in [0.5, 0.6) is 0 Å². The smallest absolute Gasteiger partial charge is 0.240 e. The summed E-state index contributed by atoms with van der Waals surface area (Å²) in [6.07, 6.45) is 0. The van der Waals surface area contributed by atoms with Gasteiger partial charge in [-0.3, -0.25) is 0 Å². The average molecular weight is 292 g/mol. The molecule has 0 radical (unpaired) electrons. The number of rotatable bonds is 4. The van der Waals surface area contributed by atoms with Crippen LogP contribution in [0.25, 0.3) is 0 Å². The molecular formula is C15H20N2O2S. The maximum absolute atomic E-state index is 12.2. The van der Waals surface area contributed by atoms with Crippen molar-refractivity contribution in [2.45, 2.75) is 32.2 Å². The van der Waals surface area contributed by atoms with Gasteiger partial charge < -0.3 is 4.57 Å². The van der Waals surface area contributed by atoms with E-state index in [1.54, 1.807) is 24.3 Å². The van der Waals surface area contributed by atoms with Gasteiger partial charge in [0.25, 0.3) is 0 Å². The van der Waals surface area contributed by atoms with Gasteiger partial charge in [0.15, 0.2) is 0 Å². The Labute approximate surface area is 120 Å². The SMILES string of the molecule is Cc1ccc(S(=O)(=O)NCc2cc(C)n(C)c2C)cc1. The van der Waals surface area contributed by atoms with Crippen LogP contribution in [0.1, 0.15) is 22.5 Å². The largest absolute Gasteiger partial charge is 0.352 e. The summed E-state index contributed by atoms with van der Waals surface area (Å²) >= 11 is 0. The molecule has 108 valence electrons. The lowest BCUT2D eigenvalue weighted by atomic mass is 10.2. The number of sulfonamides is 1. The molecule has 0 unspecified atom stereocenters. The first-order valence-electron chi connectivity index (χ1n) is 6.49. The lowest BCUT2D eigenvalue weighted by molar-refractivity contribution is 0.581. The number of hydrogen-bond acceptors (Lipinski definition) is 2. The Morgan fingerprint density at radius 3 is 2.20 bits per heavy atom. The third-order valence-electron chi connectivity index (χ3n) is 3.66. The number of nitrogens with one attached hydrogen (secondary N) is 1. The fourth-order valence-electron chi connectivity index (χ4n) is 2.09. The van der Waals surface area contributed by atoms with Crippen molar-refractivity contribution in [2.24, 2.45) is 7.05 Å². The third-order valence-corrected chi connectivity index (χ3v) is 5.08. The molecule has 2 rings (SSSR count). The van der Waals surface area contributed by atoms with Crippen LogP contribution in [-0.2, 0) is 23.6 Å².